The molecule has 4 nitrogen and oxygen atoms in total. The molecule has 1 aromatic heterocycles. The Balaban J connectivity index is 1.82. The van der Waals surface area contributed by atoms with E-state index in [1.807, 2.05) is 0 Å². The molecule has 3 aromatic rings. The lowest BCUT2D eigenvalue weighted by molar-refractivity contribution is 0.102. The molecule has 0 radical (unpaired) electrons. The van der Waals surface area contributed by atoms with Crippen molar-refractivity contribution in [1.29, 1.82) is 0 Å². The quantitative estimate of drug-likeness (QED) is 0.720. The number of ether oxygens (including phenoxy) is 1. The van der Waals surface area contributed by atoms with Crippen molar-refractivity contribution < 1.29 is 13.9 Å². The van der Waals surface area contributed by atoms with Crippen molar-refractivity contribution in [2.24, 2.45) is 0 Å². The van der Waals surface area contributed by atoms with E-state index >= 15 is 0 Å². The number of benzene rings is 2. The molecule has 1 heterocycles. The molecule has 0 aliphatic heterocycles. The second-order valence-electron chi connectivity index (χ2n) is 4.85. The fourth-order valence-corrected chi connectivity index (χ4v) is 3.02. The topological polar surface area (TPSA) is 51.2 Å². The van der Waals surface area contributed by atoms with Crippen LogP contribution in [0.1, 0.15) is 10.4 Å². The van der Waals surface area contributed by atoms with Crippen LogP contribution in [0.15, 0.2) is 47.8 Å². The highest BCUT2D eigenvalue weighted by Gasteiger charge is 2.15. The number of nitrogens with one attached hydrogen (secondary N) is 1. The molecular weight excluding hydrogens is 351 g/mol. The zero-order chi connectivity index (χ0) is 17.1. The maximum Gasteiger partial charge on any atom is 0.261 e. The van der Waals surface area contributed by atoms with Crippen molar-refractivity contribution >= 4 is 34.0 Å². The van der Waals surface area contributed by atoms with E-state index in [2.05, 4.69) is 10.3 Å². The monoisotopic (exact) mass is 362 g/mol. The third-order valence-corrected chi connectivity index (χ3v) is 4.24. The lowest BCUT2D eigenvalue weighted by Crippen LogP contribution is -2.13. The summed E-state index contributed by atoms with van der Waals surface area (Å²) in [4.78, 5) is 16.7. The number of methoxy groups -OCH3 is 1. The van der Waals surface area contributed by atoms with Crippen LogP contribution in [-0.2, 0) is 0 Å². The zero-order valence-electron chi connectivity index (χ0n) is 12.5. The van der Waals surface area contributed by atoms with E-state index in [9.17, 15) is 9.18 Å². The Morgan fingerprint density at radius 1 is 1.29 bits per heavy atom. The molecule has 0 spiro atoms. The largest absolute Gasteiger partial charge is 0.496 e. The third-order valence-electron chi connectivity index (χ3n) is 3.25. The number of aromatic nitrogens is 1. The summed E-state index contributed by atoms with van der Waals surface area (Å²) >= 11 is 7.19. The Morgan fingerprint density at radius 3 is 2.88 bits per heavy atom. The number of carbonyl (C=O) groups excluding carboxylic acids is 1. The number of nitrogens with zero attached hydrogens (tertiary/aromatic N) is 1. The van der Waals surface area contributed by atoms with E-state index in [-0.39, 0.29) is 11.7 Å². The summed E-state index contributed by atoms with van der Waals surface area (Å²) in [7, 11) is 1.48. The van der Waals surface area contributed by atoms with Crippen LogP contribution in [0.2, 0.25) is 5.02 Å². The summed E-state index contributed by atoms with van der Waals surface area (Å²) < 4.78 is 18.5. The van der Waals surface area contributed by atoms with Crippen LogP contribution in [0.4, 0.5) is 9.52 Å². The molecule has 24 heavy (non-hydrogen) atoms. The Morgan fingerprint density at radius 2 is 2.12 bits per heavy atom. The van der Waals surface area contributed by atoms with Crippen molar-refractivity contribution in [3.8, 4) is 17.0 Å². The molecule has 0 saturated heterocycles. The predicted molar refractivity (Wildman–Crippen MR) is 93.5 cm³/mol. The zero-order valence-corrected chi connectivity index (χ0v) is 14.1. The highest BCUT2D eigenvalue weighted by molar-refractivity contribution is 7.14. The van der Waals surface area contributed by atoms with Gasteiger partial charge in [-0.05, 0) is 30.3 Å². The first kappa shape index (κ1) is 16.4. The predicted octanol–water partition coefficient (Wildman–Crippen LogP) is 4.86. The molecule has 1 N–H and O–H groups in total. The smallest absolute Gasteiger partial charge is 0.261 e. The average Bonchev–Trinajstić information content (AvgIpc) is 3.03. The van der Waals surface area contributed by atoms with Crippen molar-refractivity contribution in [3.63, 3.8) is 0 Å². The molecule has 0 atom stereocenters. The molecule has 0 unspecified atom stereocenters. The number of amides is 1. The van der Waals surface area contributed by atoms with Crippen LogP contribution in [0, 0.1) is 5.82 Å². The van der Waals surface area contributed by atoms with Gasteiger partial charge in [-0.2, -0.15) is 0 Å². The number of rotatable bonds is 4. The summed E-state index contributed by atoms with van der Waals surface area (Å²) in [6.07, 6.45) is 0. The van der Waals surface area contributed by atoms with Crippen molar-refractivity contribution in [1.82, 2.24) is 4.98 Å². The molecule has 2 aromatic carbocycles. The van der Waals surface area contributed by atoms with Crippen LogP contribution >= 0.6 is 22.9 Å². The first-order valence-corrected chi connectivity index (χ1v) is 8.19. The van der Waals surface area contributed by atoms with Gasteiger partial charge >= 0.3 is 0 Å². The minimum Gasteiger partial charge on any atom is -0.496 e. The number of hydrogen-bond donors (Lipinski definition) is 1. The number of anilines is 1. The highest BCUT2D eigenvalue weighted by Crippen LogP contribution is 2.27. The number of carbonyl (C=O) groups is 1. The Kier molecular flexibility index (Phi) is 4.78. The van der Waals surface area contributed by atoms with Gasteiger partial charge in [-0.15, -0.1) is 11.3 Å². The second-order valence-corrected chi connectivity index (χ2v) is 6.14. The average molecular weight is 363 g/mol. The summed E-state index contributed by atoms with van der Waals surface area (Å²) in [5, 5.41) is 5.29. The molecule has 0 fully saturated rings. The van der Waals surface area contributed by atoms with E-state index in [0.29, 0.717) is 32.7 Å². The molecule has 0 bridgehead atoms. The van der Waals surface area contributed by atoms with Gasteiger partial charge in [0.2, 0.25) is 0 Å². The molecule has 1 amide bonds. The maximum atomic E-state index is 13.3. The number of hydrogen-bond acceptors (Lipinski definition) is 4. The van der Waals surface area contributed by atoms with Gasteiger partial charge in [-0.3, -0.25) is 10.1 Å². The summed E-state index contributed by atoms with van der Waals surface area (Å²) in [5.74, 6) is -0.303. The van der Waals surface area contributed by atoms with Crippen molar-refractivity contribution in [2.75, 3.05) is 12.4 Å². The normalized spacial score (nSPS) is 10.5. The van der Waals surface area contributed by atoms with E-state index in [4.69, 9.17) is 16.3 Å². The summed E-state index contributed by atoms with van der Waals surface area (Å²) in [6, 6.07) is 10.9. The lowest BCUT2D eigenvalue weighted by Gasteiger charge is -2.08. The maximum absolute atomic E-state index is 13.3. The van der Waals surface area contributed by atoms with Gasteiger partial charge < -0.3 is 4.74 Å². The lowest BCUT2D eigenvalue weighted by atomic mass is 10.2. The van der Waals surface area contributed by atoms with Crippen LogP contribution in [0.3, 0.4) is 0 Å². The summed E-state index contributed by atoms with van der Waals surface area (Å²) in [5.41, 5.74) is 1.55. The van der Waals surface area contributed by atoms with Gasteiger partial charge in [0.1, 0.15) is 11.6 Å². The minimum atomic E-state index is -0.380. The van der Waals surface area contributed by atoms with Gasteiger partial charge in [-0.25, -0.2) is 9.37 Å². The molecule has 0 saturated carbocycles. The third kappa shape index (κ3) is 3.55. The van der Waals surface area contributed by atoms with E-state index in [0.717, 1.165) is 0 Å². The van der Waals surface area contributed by atoms with Crippen LogP contribution in [0.25, 0.3) is 11.3 Å². The van der Waals surface area contributed by atoms with Gasteiger partial charge in [0.15, 0.2) is 5.13 Å². The highest BCUT2D eigenvalue weighted by atomic mass is 35.5. The Bertz CT molecular complexity index is 898. The van der Waals surface area contributed by atoms with Crippen LogP contribution < -0.4 is 10.1 Å². The van der Waals surface area contributed by atoms with Crippen molar-refractivity contribution in [2.45, 2.75) is 0 Å². The van der Waals surface area contributed by atoms with Gasteiger partial charge in [0, 0.05) is 16.0 Å². The van der Waals surface area contributed by atoms with E-state index in [1.54, 1.807) is 29.6 Å². The fourth-order valence-electron chi connectivity index (χ4n) is 2.13. The molecule has 0 aliphatic carbocycles. The molecule has 3 rings (SSSR count). The minimum absolute atomic E-state index is 0.313. The number of halogens is 2. The SMILES string of the molecule is COc1ccc(Cl)cc1C(=O)Nc1nc(-c2cccc(F)c2)cs1. The molecule has 122 valence electrons. The molecule has 7 heteroatoms. The Hall–Kier alpha value is -2.44. The Labute approximate surface area is 146 Å². The van der Waals surface area contributed by atoms with Crippen molar-refractivity contribution in [3.05, 3.63) is 64.2 Å². The second kappa shape index (κ2) is 6.98. The van der Waals surface area contributed by atoms with E-state index < -0.39 is 0 Å². The standard InChI is InChI=1S/C17H12ClFN2O2S/c1-23-15-6-5-11(18)8-13(15)16(22)21-17-20-14(9-24-17)10-3-2-4-12(19)7-10/h2-9H,1H3,(H,20,21,22). The molecule has 0 aliphatic rings. The summed E-state index contributed by atoms with van der Waals surface area (Å²) in [6.45, 7) is 0. The first-order chi connectivity index (χ1) is 11.6. The first-order valence-electron chi connectivity index (χ1n) is 6.93. The van der Waals surface area contributed by atoms with Crippen LogP contribution in [0.5, 0.6) is 5.75 Å². The van der Waals surface area contributed by atoms with Gasteiger partial charge in [0.05, 0.1) is 18.4 Å². The van der Waals surface area contributed by atoms with Crippen LogP contribution in [-0.4, -0.2) is 18.0 Å². The number of thiazole rings is 1. The fraction of sp³-hybridized carbons (Fsp3) is 0.0588. The van der Waals surface area contributed by atoms with Gasteiger partial charge in [0.25, 0.3) is 5.91 Å². The molecular formula is C17H12ClFN2O2S. The van der Waals surface area contributed by atoms with E-state index in [1.165, 1.54) is 36.6 Å². The van der Waals surface area contributed by atoms with Gasteiger partial charge in [-0.1, -0.05) is 23.7 Å².